The summed E-state index contributed by atoms with van der Waals surface area (Å²) in [5, 5.41) is 18.9. The third-order valence-corrected chi connectivity index (χ3v) is 10.1. The topological polar surface area (TPSA) is 124 Å². The third-order valence-electron chi connectivity index (χ3n) is 8.85. The van der Waals surface area contributed by atoms with Crippen molar-refractivity contribution in [1.29, 1.82) is 0 Å². The first kappa shape index (κ1) is 29.0. The van der Waals surface area contributed by atoms with Gasteiger partial charge in [-0.1, -0.05) is 53.7 Å². The van der Waals surface area contributed by atoms with E-state index in [0.29, 0.717) is 30.9 Å². The Morgan fingerprint density at radius 3 is 2.58 bits per heavy atom. The van der Waals surface area contributed by atoms with Gasteiger partial charge in [0.25, 0.3) is 0 Å². The molecule has 4 aromatic carbocycles. The van der Waals surface area contributed by atoms with E-state index in [2.05, 4.69) is 16.4 Å². The summed E-state index contributed by atoms with van der Waals surface area (Å²) >= 11 is 0. The molecule has 230 valence electrons. The van der Waals surface area contributed by atoms with E-state index in [1.54, 1.807) is 12.1 Å². The molecule has 45 heavy (non-hydrogen) atoms. The van der Waals surface area contributed by atoms with E-state index >= 15 is 0 Å². The minimum Gasteiger partial charge on any atom is -0.489 e. The summed E-state index contributed by atoms with van der Waals surface area (Å²) in [5.74, 6) is -0.522. The SMILES string of the molecule is Cc1ccc2cc1CN1Cc3cc(ccc3OS1(=O)=O)OCc1ccccc1CCn1nnc3c(C)c(ccc31)C2CC(=O)O. The van der Waals surface area contributed by atoms with Crippen molar-refractivity contribution in [2.75, 3.05) is 0 Å². The van der Waals surface area contributed by atoms with Gasteiger partial charge in [0.05, 0.1) is 11.9 Å². The number of carboxylic acid groups (broad SMARTS) is 1. The fraction of sp³-hybridized carbons (Fsp3) is 0.265. The number of hydrogen-bond acceptors (Lipinski definition) is 7. The number of aliphatic carboxylic acids is 1. The second-order valence-electron chi connectivity index (χ2n) is 11.7. The first-order valence-corrected chi connectivity index (χ1v) is 16.2. The Labute approximate surface area is 261 Å². The van der Waals surface area contributed by atoms with E-state index in [0.717, 1.165) is 50.0 Å². The number of aromatic nitrogens is 3. The van der Waals surface area contributed by atoms with Crippen molar-refractivity contribution in [3.8, 4) is 11.5 Å². The summed E-state index contributed by atoms with van der Waals surface area (Å²) < 4.78 is 41.4. The summed E-state index contributed by atoms with van der Waals surface area (Å²) in [7, 11) is -4.07. The van der Waals surface area contributed by atoms with Crippen LogP contribution in [0.3, 0.4) is 0 Å². The van der Waals surface area contributed by atoms with Gasteiger partial charge in [-0.15, -0.1) is 5.10 Å². The first-order valence-electron chi connectivity index (χ1n) is 14.8. The number of ether oxygens (including phenoxy) is 1. The van der Waals surface area contributed by atoms with Gasteiger partial charge < -0.3 is 14.0 Å². The minimum atomic E-state index is -4.07. The molecule has 0 saturated carbocycles. The van der Waals surface area contributed by atoms with Gasteiger partial charge in [-0.25, -0.2) is 4.68 Å². The molecule has 11 heteroatoms. The summed E-state index contributed by atoms with van der Waals surface area (Å²) in [6, 6.07) is 22.9. The van der Waals surface area contributed by atoms with Crippen molar-refractivity contribution in [3.05, 3.63) is 117 Å². The molecule has 2 atom stereocenters. The summed E-state index contributed by atoms with van der Waals surface area (Å²) in [6.07, 6.45) is 0.568. The number of carbonyl (C=O) groups is 1. The van der Waals surface area contributed by atoms with E-state index < -0.39 is 22.2 Å². The molecular formula is C34H32N4O6S. The quantitative estimate of drug-likeness (QED) is 0.276. The number of hydrogen-bond donors (Lipinski definition) is 1. The van der Waals surface area contributed by atoms with Crippen LogP contribution in [0.2, 0.25) is 0 Å². The zero-order chi connectivity index (χ0) is 31.3. The van der Waals surface area contributed by atoms with Crippen LogP contribution in [0.5, 0.6) is 11.5 Å². The highest BCUT2D eigenvalue weighted by Gasteiger charge is 2.33. The van der Waals surface area contributed by atoms with Gasteiger partial charge >= 0.3 is 16.3 Å². The van der Waals surface area contributed by atoms with Crippen LogP contribution in [-0.4, -0.2) is 38.8 Å². The molecular weight excluding hydrogens is 592 g/mol. The van der Waals surface area contributed by atoms with Crippen molar-refractivity contribution < 1.29 is 27.2 Å². The van der Waals surface area contributed by atoms with E-state index in [-0.39, 0.29) is 25.3 Å². The lowest BCUT2D eigenvalue weighted by atomic mass is 9.84. The lowest BCUT2D eigenvalue weighted by molar-refractivity contribution is -0.137. The molecule has 3 aliphatic rings. The molecule has 3 aliphatic heterocycles. The lowest BCUT2D eigenvalue weighted by Crippen LogP contribution is -2.37. The third kappa shape index (κ3) is 5.53. The molecule has 0 amide bonds. The van der Waals surface area contributed by atoms with Gasteiger partial charge in [0, 0.05) is 31.1 Å². The van der Waals surface area contributed by atoms with Crippen molar-refractivity contribution in [2.45, 2.75) is 58.8 Å². The standard InChI is InChI=1S/C34H32N4O6S/c1-21-7-8-24-15-26(21)18-37-19-27-16-28(9-12-32(27)44-45(37,41)42)43-20-25-6-4-3-5-23(25)13-14-38-31-11-10-29(30(24)17-33(39)40)22(2)34(31)35-36-38/h3-12,15-16,30H,13-14,17-20H2,1-2H3,(H,39,40). The molecule has 9 bridgehead atoms. The number of rotatable bonds is 2. The maximum Gasteiger partial charge on any atom is 0.385 e. The van der Waals surface area contributed by atoms with Gasteiger partial charge in [-0.3, -0.25) is 4.79 Å². The average molecular weight is 625 g/mol. The monoisotopic (exact) mass is 624 g/mol. The van der Waals surface area contributed by atoms with E-state index in [1.165, 1.54) is 4.31 Å². The molecule has 0 radical (unpaired) electrons. The molecule has 4 heterocycles. The van der Waals surface area contributed by atoms with E-state index in [1.807, 2.05) is 73.1 Å². The molecule has 8 rings (SSSR count). The van der Waals surface area contributed by atoms with Crippen LogP contribution >= 0.6 is 0 Å². The highest BCUT2D eigenvalue weighted by Crippen LogP contribution is 2.37. The number of nitrogens with zero attached hydrogens (tertiary/aromatic N) is 4. The largest absolute Gasteiger partial charge is 0.489 e. The maximum atomic E-state index is 13.2. The van der Waals surface area contributed by atoms with Gasteiger partial charge in [-0.2, -0.15) is 12.7 Å². The predicted octanol–water partition coefficient (Wildman–Crippen LogP) is 5.43. The first-order chi connectivity index (χ1) is 21.7. The summed E-state index contributed by atoms with van der Waals surface area (Å²) in [5.41, 5.74) is 8.60. The fourth-order valence-electron chi connectivity index (χ4n) is 6.33. The van der Waals surface area contributed by atoms with Gasteiger partial charge in [0.15, 0.2) is 0 Å². The van der Waals surface area contributed by atoms with Crippen molar-refractivity contribution in [2.24, 2.45) is 0 Å². The van der Waals surface area contributed by atoms with Crippen molar-refractivity contribution in [1.82, 2.24) is 19.3 Å². The van der Waals surface area contributed by atoms with Gasteiger partial charge in [0.1, 0.15) is 23.6 Å². The Balaban J connectivity index is 1.37. The minimum absolute atomic E-state index is 0.0615. The average Bonchev–Trinajstić information content (AvgIpc) is 3.43. The van der Waals surface area contributed by atoms with Crippen LogP contribution in [0.25, 0.3) is 11.0 Å². The second-order valence-corrected chi connectivity index (χ2v) is 13.2. The molecule has 0 aliphatic carbocycles. The maximum absolute atomic E-state index is 13.2. The molecule has 1 N–H and O–H groups in total. The van der Waals surface area contributed by atoms with Crippen LogP contribution in [0.15, 0.2) is 72.8 Å². The summed E-state index contributed by atoms with van der Waals surface area (Å²) in [4.78, 5) is 12.1. The Morgan fingerprint density at radius 2 is 1.76 bits per heavy atom. The van der Waals surface area contributed by atoms with Crippen LogP contribution in [0.4, 0.5) is 0 Å². The van der Waals surface area contributed by atoms with E-state index in [9.17, 15) is 18.3 Å². The molecule has 0 saturated heterocycles. The van der Waals surface area contributed by atoms with Crippen LogP contribution in [-0.2, 0) is 47.8 Å². The van der Waals surface area contributed by atoms with E-state index in [4.69, 9.17) is 8.92 Å². The van der Waals surface area contributed by atoms with Crippen LogP contribution in [0, 0.1) is 13.8 Å². The zero-order valence-corrected chi connectivity index (χ0v) is 25.8. The Hall–Kier alpha value is -4.74. The summed E-state index contributed by atoms with van der Waals surface area (Å²) in [6.45, 7) is 4.98. The molecule has 5 aromatic rings. The predicted molar refractivity (Wildman–Crippen MR) is 167 cm³/mol. The number of benzene rings is 4. The number of fused-ring (bicyclic) bond motifs is 3. The number of aryl methyl sites for hydroxylation is 4. The molecule has 0 spiro atoms. The van der Waals surface area contributed by atoms with Crippen molar-refractivity contribution >= 4 is 27.3 Å². The van der Waals surface area contributed by atoms with Gasteiger partial charge in [-0.05, 0) is 83.5 Å². The fourth-order valence-corrected chi connectivity index (χ4v) is 7.42. The van der Waals surface area contributed by atoms with Crippen molar-refractivity contribution in [3.63, 3.8) is 0 Å². The highest BCUT2D eigenvalue weighted by molar-refractivity contribution is 7.84. The van der Waals surface area contributed by atoms with Gasteiger partial charge in [0.2, 0.25) is 0 Å². The Kier molecular flexibility index (Phi) is 7.29. The van der Waals surface area contributed by atoms with Crippen LogP contribution in [0.1, 0.15) is 56.8 Å². The number of carboxylic acids is 1. The van der Waals surface area contributed by atoms with Crippen LogP contribution < -0.4 is 8.92 Å². The zero-order valence-electron chi connectivity index (χ0n) is 24.9. The normalized spacial score (nSPS) is 19.0. The molecule has 1 aromatic heterocycles. The Morgan fingerprint density at radius 1 is 0.956 bits per heavy atom. The Bertz CT molecular complexity index is 2070. The molecule has 0 fully saturated rings. The second kappa shape index (κ2) is 11.3. The lowest BCUT2D eigenvalue weighted by Gasteiger charge is -2.29. The molecule has 10 nitrogen and oxygen atoms in total. The highest BCUT2D eigenvalue weighted by atomic mass is 32.2. The smallest absolute Gasteiger partial charge is 0.385 e. The molecule has 2 unspecified atom stereocenters.